The summed E-state index contributed by atoms with van der Waals surface area (Å²) in [5, 5.41) is 0. The third-order valence-corrected chi connectivity index (χ3v) is 2.79. The van der Waals surface area contributed by atoms with Gasteiger partial charge in [0.2, 0.25) is 0 Å². The van der Waals surface area contributed by atoms with Gasteiger partial charge < -0.3 is 10.5 Å². The average molecular weight is 204 g/mol. The monoisotopic (exact) mass is 204 g/mol. The van der Waals surface area contributed by atoms with E-state index < -0.39 is 0 Å². The van der Waals surface area contributed by atoms with Crippen molar-refractivity contribution in [1.29, 1.82) is 0 Å². The van der Waals surface area contributed by atoms with E-state index in [-0.39, 0.29) is 0 Å². The number of nitrogens with two attached hydrogens (primary N) is 1. The topological polar surface area (TPSA) is 47.6 Å². The van der Waals surface area contributed by atoms with Gasteiger partial charge in [-0.1, -0.05) is 30.3 Å². The summed E-state index contributed by atoms with van der Waals surface area (Å²) in [5.74, 6) is 0.634. The lowest BCUT2D eigenvalue weighted by molar-refractivity contribution is 0.0285. The van der Waals surface area contributed by atoms with Gasteiger partial charge in [-0.2, -0.15) is 0 Å². The van der Waals surface area contributed by atoms with Gasteiger partial charge in [-0.25, -0.2) is 0 Å². The highest BCUT2D eigenvalue weighted by atomic mass is 16.5. The predicted molar refractivity (Wildman–Crippen MR) is 61.0 cm³/mol. The fourth-order valence-electron chi connectivity index (χ4n) is 1.72. The van der Waals surface area contributed by atoms with E-state index in [0.717, 1.165) is 18.4 Å². The molecule has 0 aromatic heterocycles. The number of benzene rings is 1. The van der Waals surface area contributed by atoms with E-state index in [2.05, 4.69) is 4.99 Å². The van der Waals surface area contributed by atoms with Gasteiger partial charge in [0, 0.05) is 12.7 Å². The van der Waals surface area contributed by atoms with Crippen LogP contribution in [0.2, 0.25) is 0 Å². The third-order valence-electron chi connectivity index (χ3n) is 2.79. The van der Waals surface area contributed by atoms with Crippen LogP contribution in [0, 0.1) is 0 Å². The van der Waals surface area contributed by atoms with Gasteiger partial charge in [-0.3, -0.25) is 4.99 Å². The Morgan fingerprint density at radius 1 is 1.33 bits per heavy atom. The van der Waals surface area contributed by atoms with Crippen molar-refractivity contribution in [1.82, 2.24) is 0 Å². The minimum atomic E-state index is 0.343. The molecular weight excluding hydrogens is 188 g/mol. The summed E-state index contributed by atoms with van der Waals surface area (Å²) in [6.45, 7) is 0. The molecule has 0 heterocycles. The van der Waals surface area contributed by atoms with Gasteiger partial charge in [0.1, 0.15) is 5.84 Å². The Morgan fingerprint density at radius 3 is 2.60 bits per heavy atom. The zero-order chi connectivity index (χ0) is 10.7. The molecule has 0 saturated heterocycles. The molecule has 1 aromatic carbocycles. The molecule has 2 rings (SSSR count). The van der Waals surface area contributed by atoms with Crippen molar-refractivity contribution in [2.75, 3.05) is 7.11 Å². The first-order chi connectivity index (χ1) is 7.29. The van der Waals surface area contributed by atoms with Crippen molar-refractivity contribution >= 4 is 5.84 Å². The lowest BCUT2D eigenvalue weighted by Gasteiger charge is -2.31. The summed E-state index contributed by atoms with van der Waals surface area (Å²) >= 11 is 0. The number of amidine groups is 1. The van der Waals surface area contributed by atoms with E-state index in [0.29, 0.717) is 18.0 Å². The Morgan fingerprint density at radius 2 is 2.00 bits per heavy atom. The van der Waals surface area contributed by atoms with Gasteiger partial charge in [-0.05, 0) is 12.8 Å². The van der Waals surface area contributed by atoms with Crippen LogP contribution in [0.3, 0.4) is 0 Å². The molecular formula is C12H16N2O. The number of ether oxygens (including phenoxy) is 1. The summed E-state index contributed by atoms with van der Waals surface area (Å²) in [6.07, 6.45) is 2.36. The third kappa shape index (κ3) is 2.36. The second kappa shape index (κ2) is 4.45. The Kier molecular flexibility index (Phi) is 3.02. The van der Waals surface area contributed by atoms with Crippen molar-refractivity contribution < 1.29 is 4.74 Å². The highest BCUT2D eigenvalue weighted by molar-refractivity contribution is 5.97. The minimum Gasteiger partial charge on any atom is -0.383 e. The molecule has 1 fully saturated rings. The van der Waals surface area contributed by atoms with Crippen LogP contribution in [0.5, 0.6) is 0 Å². The molecule has 0 unspecified atom stereocenters. The first-order valence-corrected chi connectivity index (χ1v) is 5.21. The number of nitrogens with zero attached hydrogens (tertiary/aromatic N) is 1. The molecule has 0 aliphatic heterocycles. The van der Waals surface area contributed by atoms with Gasteiger partial charge in [0.05, 0.1) is 12.1 Å². The lowest BCUT2D eigenvalue weighted by Crippen LogP contribution is -2.35. The van der Waals surface area contributed by atoms with Gasteiger partial charge >= 0.3 is 0 Å². The Balaban J connectivity index is 1.97. The zero-order valence-corrected chi connectivity index (χ0v) is 8.89. The fourth-order valence-corrected chi connectivity index (χ4v) is 1.72. The van der Waals surface area contributed by atoms with E-state index in [4.69, 9.17) is 10.5 Å². The number of hydrogen-bond acceptors (Lipinski definition) is 2. The maximum absolute atomic E-state index is 5.90. The number of hydrogen-bond donors (Lipinski definition) is 1. The summed E-state index contributed by atoms with van der Waals surface area (Å²) < 4.78 is 5.19. The molecule has 1 aliphatic rings. The van der Waals surface area contributed by atoms with E-state index in [1.807, 2.05) is 30.3 Å². The number of methoxy groups -OCH3 is 1. The summed E-state index contributed by atoms with van der Waals surface area (Å²) in [5.41, 5.74) is 6.90. The van der Waals surface area contributed by atoms with Crippen LogP contribution >= 0.6 is 0 Å². The highest BCUT2D eigenvalue weighted by Crippen LogP contribution is 2.25. The molecule has 0 atom stereocenters. The summed E-state index contributed by atoms with van der Waals surface area (Å²) in [6, 6.07) is 10.2. The van der Waals surface area contributed by atoms with Crippen molar-refractivity contribution in [2.24, 2.45) is 10.7 Å². The predicted octanol–water partition coefficient (Wildman–Crippen LogP) is 1.57. The number of aliphatic imine (C=N–C) groups is 1. The molecule has 0 spiro atoms. The molecule has 2 N–H and O–H groups in total. The molecule has 0 amide bonds. The SMILES string of the molecule is COC1CC(N=C(N)c2ccccc2)C1. The van der Waals surface area contributed by atoms with Crippen molar-refractivity contribution in [3.63, 3.8) is 0 Å². The minimum absolute atomic E-state index is 0.343. The standard InChI is InChI=1S/C12H16N2O/c1-15-11-7-10(8-11)14-12(13)9-5-3-2-4-6-9/h2-6,10-11H,7-8H2,1H3,(H2,13,14). The second-order valence-corrected chi connectivity index (χ2v) is 3.86. The van der Waals surface area contributed by atoms with Gasteiger partial charge in [0.25, 0.3) is 0 Å². The molecule has 1 saturated carbocycles. The molecule has 3 nitrogen and oxygen atoms in total. The van der Waals surface area contributed by atoms with Crippen LogP contribution in [0.4, 0.5) is 0 Å². The van der Waals surface area contributed by atoms with Crippen molar-refractivity contribution in [2.45, 2.75) is 25.0 Å². The average Bonchev–Trinajstić information content (AvgIpc) is 2.23. The maximum Gasteiger partial charge on any atom is 0.125 e. The number of rotatable bonds is 3. The van der Waals surface area contributed by atoms with Crippen LogP contribution in [0.1, 0.15) is 18.4 Å². The van der Waals surface area contributed by atoms with E-state index in [1.165, 1.54) is 0 Å². The first kappa shape index (κ1) is 10.2. The Bertz CT molecular complexity index is 342. The zero-order valence-electron chi connectivity index (χ0n) is 8.89. The molecule has 1 aliphatic carbocycles. The molecule has 3 heteroatoms. The Hall–Kier alpha value is -1.35. The Labute approximate surface area is 90.0 Å². The molecule has 0 radical (unpaired) electrons. The van der Waals surface area contributed by atoms with Crippen molar-refractivity contribution in [3.05, 3.63) is 35.9 Å². The van der Waals surface area contributed by atoms with Crippen LogP contribution in [0.25, 0.3) is 0 Å². The maximum atomic E-state index is 5.90. The van der Waals surface area contributed by atoms with E-state index >= 15 is 0 Å². The fraction of sp³-hybridized carbons (Fsp3) is 0.417. The van der Waals surface area contributed by atoms with Gasteiger partial charge in [-0.15, -0.1) is 0 Å². The smallest absolute Gasteiger partial charge is 0.125 e. The van der Waals surface area contributed by atoms with Crippen LogP contribution in [-0.4, -0.2) is 25.1 Å². The van der Waals surface area contributed by atoms with Crippen LogP contribution < -0.4 is 5.73 Å². The largest absolute Gasteiger partial charge is 0.383 e. The first-order valence-electron chi connectivity index (χ1n) is 5.21. The molecule has 1 aromatic rings. The van der Waals surface area contributed by atoms with Crippen LogP contribution in [-0.2, 0) is 4.74 Å². The highest BCUT2D eigenvalue weighted by Gasteiger charge is 2.28. The summed E-state index contributed by atoms with van der Waals surface area (Å²) in [7, 11) is 1.74. The summed E-state index contributed by atoms with van der Waals surface area (Å²) in [4.78, 5) is 4.47. The van der Waals surface area contributed by atoms with Crippen LogP contribution in [0.15, 0.2) is 35.3 Å². The van der Waals surface area contributed by atoms with E-state index in [9.17, 15) is 0 Å². The normalized spacial score (nSPS) is 26.1. The second-order valence-electron chi connectivity index (χ2n) is 3.86. The molecule has 80 valence electrons. The quantitative estimate of drug-likeness (QED) is 0.600. The lowest BCUT2D eigenvalue weighted by atomic mass is 9.90. The van der Waals surface area contributed by atoms with Crippen molar-refractivity contribution in [3.8, 4) is 0 Å². The van der Waals surface area contributed by atoms with Gasteiger partial charge in [0.15, 0.2) is 0 Å². The molecule has 15 heavy (non-hydrogen) atoms. The molecule has 0 bridgehead atoms. The van der Waals surface area contributed by atoms with E-state index in [1.54, 1.807) is 7.11 Å².